The van der Waals surface area contributed by atoms with Gasteiger partial charge in [-0.15, -0.1) is 0 Å². The molecule has 4 heteroatoms. The zero-order valence-electron chi connectivity index (χ0n) is 12.3. The summed E-state index contributed by atoms with van der Waals surface area (Å²) in [6.07, 6.45) is 1.50. The Kier molecular flexibility index (Phi) is 6.22. The number of anilines is 1. The Morgan fingerprint density at radius 3 is 2.35 bits per heavy atom. The smallest absolute Gasteiger partial charge is 0.224 e. The highest BCUT2D eigenvalue weighted by Gasteiger charge is 2.20. The zero-order chi connectivity index (χ0) is 15.1. The van der Waals surface area contributed by atoms with Crippen LogP contribution in [0.25, 0.3) is 0 Å². The van der Waals surface area contributed by atoms with E-state index in [2.05, 4.69) is 5.32 Å². The Balaban J connectivity index is 2.56. The van der Waals surface area contributed by atoms with E-state index in [1.165, 1.54) is 0 Å². The molecule has 0 heterocycles. The number of carboxylic acid groups (broad SMARTS) is 1. The highest BCUT2D eigenvalue weighted by Crippen LogP contribution is 2.21. The lowest BCUT2D eigenvalue weighted by molar-refractivity contribution is -0.313. The first kappa shape index (κ1) is 16.2. The van der Waals surface area contributed by atoms with E-state index in [1.807, 2.05) is 38.1 Å². The fourth-order valence-corrected chi connectivity index (χ4v) is 2.23. The van der Waals surface area contributed by atoms with Crippen LogP contribution in [-0.4, -0.2) is 11.9 Å². The Hall–Kier alpha value is -1.84. The molecule has 0 unspecified atom stereocenters. The van der Waals surface area contributed by atoms with Crippen molar-refractivity contribution in [1.29, 1.82) is 0 Å². The first-order valence-electron chi connectivity index (χ1n) is 7.01. The lowest BCUT2D eigenvalue weighted by atomic mass is 9.87. The minimum atomic E-state index is -1.07. The van der Waals surface area contributed by atoms with E-state index in [0.717, 1.165) is 17.7 Å². The number of amides is 1. The molecule has 1 N–H and O–H groups in total. The Bertz CT molecular complexity index is 453. The molecule has 110 valence electrons. The number of benzene rings is 1. The number of aliphatic carboxylic acids is 1. The molecular formula is C16H22NO3-. The van der Waals surface area contributed by atoms with E-state index in [0.29, 0.717) is 6.42 Å². The van der Waals surface area contributed by atoms with Crippen molar-refractivity contribution < 1.29 is 14.7 Å². The monoisotopic (exact) mass is 276 g/mol. The number of hydrogen-bond donors (Lipinski definition) is 1. The van der Waals surface area contributed by atoms with Crippen LogP contribution < -0.4 is 10.4 Å². The average molecular weight is 276 g/mol. The summed E-state index contributed by atoms with van der Waals surface area (Å²) in [6.45, 7) is 5.68. The number of nitrogens with one attached hydrogen (secondary N) is 1. The Labute approximate surface area is 120 Å². The van der Waals surface area contributed by atoms with Gasteiger partial charge in [0.05, 0.1) is 0 Å². The van der Waals surface area contributed by atoms with Gasteiger partial charge in [0.1, 0.15) is 0 Å². The summed E-state index contributed by atoms with van der Waals surface area (Å²) < 4.78 is 0. The minimum absolute atomic E-state index is 0.163. The summed E-state index contributed by atoms with van der Waals surface area (Å²) in [5, 5.41) is 13.8. The van der Waals surface area contributed by atoms with Gasteiger partial charge in [-0.05, 0) is 31.4 Å². The summed E-state index contributed by atoms with van der Waals surface area (Å²) in [7, 11) is 0. The van der Waals surface area contributed by atoms with E-state index in [9.17, 15) is 14.7 Å². The molecule has 4 nitrogen and oxygen atoms in total. The molecule has 0 fully saturated rings. The lowest BCUT2D eigenvalue weighted by Gasteiger charge is -2.24. The normalized spacial score (nSPS) is 13.6. The third kappa shape index (κ3) is 5.03. The van der Waals surface area contributed by atoms with E-state index in [4.69, 9.17) is 0 Å². The van der Waals surface area contributed by atoms with Gasteiger partial charge in [0, 0.05) is 24.0 Å². The molecule has 2 atom stereocenters. The second kappa shape index (κ2) is 7.68. The summed E-state index contributed by atoms with van der Waals surface area (Å²) in [6, 6.07) is 7.50. The van der Waals surface area contributed by atoms with Crippen LogP contribution in [-0.2, 0) is 9.59 Å². The van der Waals surface area contributed by atoms with Gasteiger partial charge in [0.25, 0.3) is 0 Å². The molecule has 1 rings (SSSR count). The van der Waals surface area contributed by atoms with Crippen molar-refractivity contribution in [3.63, 3.8) is 0 Å². The van der Waals surface area contributed by atoms with E-state index in [1.54, 1.807) is 6.92 Å². The molecule has 1 aromatic carbocycles. The summed E-state index contributed by atoms with van der Waals surface area (Å²) in [4.78, 5) is 23.0. The predicted octanol–water partition coefficient (Wildman–Crippen LogP) is 2.13. The summed E-state index contributed by atoms with van der Waals surface area (Å²) in [5.41, 5.74) is 1.85. The van der Waals surface area contributed by atoms with Crippen LogP contribution in [0, 0.1) is 18.8 Å². The number of carbonyl (C=O) groups is 2. The number of carboxylic acids is 1. The predicted molar refractivity (Wildman–Crippen MR) is 77.0 cm³/mol. The van der Waals surface area contributed by atoms with Gasteiger partial charge < -0.3 is 15.2 Å². The van der Waals surface area contributed by atoms with Gasteiger partial charge in [-0.25, -0.2) is 0 Å². The molecule has 0 aromatic heterocycles. The van der Waals surface area contributed by atoms with Crippen molar-refractivity contribution in [3.05, 3.63) is 29.8 Å². The fourth-order valence-electron chi connectivity index (χ4n) is 2.23. The van der Waals surface area contributed by atoms with Crippen LogP contribution in [0.4, 0.5) is 5.69 Å². The van der Waals surface area contributed by atoms with Crippen LogP contribution in [0.15, 0.2) is 24.3 Å². The molecule has 0 aliphatic carbocycles. The van der Waals surface area contributed by atoms with Crippen molar-refractivity contribution >= 4 is 17.6 Å². The third-order valence-corrected chi connectivity index (χ3v) is 3.43. The van der Waals surface area contributed by atoms with Crippen LogP contribution in [0.1, 0.15) is 38.7 Å². The molecule has 0 aliphatic rings. The molecule has 0 saturated carbocycles. The van der Waals surface area contributed by atoms with Crippen molar-refractivity contribution in [1.82, 2.24) is 0 Å². The van der Waals surface area contributed by atoms with E-state index >= 15 is 0 Å². The average Bonchev–Trinajstić information content (AvgIpc) is 2.38. The molecule has 0 radical (unpaired) electrons. The summed E-state index contributed by atoms with van der Waals surface area (Å²) in [5.74, 6) is -2.03. The van der Waals surface area contributed by atoms with Crippen molar-refractivity contribution in [3.8, 4) is 0 Å². The van der Waals surface area contributed by atoms with Gasteiger partial charge >= 0.3 is 0 Å². The van der Waals surface area contributed by atoms with Gasteiger partial charge in [0.15, 0.2) is 0 Å². The number of hydrogen-bond acceptors (Lipinski definition) is 3. The second-order valence-corrected chi connectivity index (χ2v) is 5.31. The molecule has 0 bridgehead atoms. The standard InChI is InChI=1S/C16H23NO3/c1-4-5-14(16(19)20)12(3)10-15(18)17-13-8-6-11(2)7-9-13/h6-9,12,14H,4-5,10H2,1-3H3,(H,17,18)(H,19,20)/p-1/t12-,14-/m1/s1. The highest BCUT2D eigenvalue weighted by atomic mass is 16.4. The second-order valence-electron chi connectivity index (χ2n) is 5.31. The lowest BCUT2D eigenvalue weighted by Crippen LogP contribution is -2.36. The molecule has 0 aliphatic heterocycles. The quantitative estimate of drug-likeness (QED) is 0.829. The first-order valence-corrected chi connectivity index (χ1v) is 7.01. The highest BCUT2D eigenvalue weighted by molar-refractivity contribution is 5.91. The van der Waals surface area contributed by atoms with Gasteiger partial charge in [-0.1, -0.05) is 38.0 Å². The van der Waals surface area contributed by atoms with Crippen molar-refractivity contribution in [2.45, 2.75) is 40.0 Å². The van der Waals surface area contributed by atoms with Crippen LogP contribution in [0.5, 0.6) is 0 Å². The van der Waals surface area contributed by atoms with Crippen molar-refractivity contribution in [2.24, 2.45) is 11.8 Å². The first-order chi connectivity index (χ1) is 9.43. The molecule has 0 saturated heterocycles. The Morgan fingerprint density at radius 2 is 1.85 bits per heavy atom. The minimum Gasteiger partial charge on any atom is -0.550 e. The largest absolute Gasteiger partial charge is 0.550 e. The molecule has 20 heavy (non-hydrogen) atoms. The SMILES string of the molecule is CCC[C@@H](C(=O)[O-])[C@H](C)CC(=O)Nc1ccc(C)cc1. The summed E-state index contributed by atoms with van der Waals surface area (Å²) >= 11 is 0. The van der Waals surface area contributed by atoms with Crippen LogP contribution in [0.2, 0.25) is 0 Å². The molecule has 1 aromatic rings. The van der Waals surface area contributed by atoms with E-state index in [-0.39, 0.29) is 18.2 Å². The maximum Gasteiger partial charge on any atom is 0.224 e. The van der Waals surface area contributed by atoms with Crippen LogP contribution in [0.3, 0.4) is 0 Å². The maximum atomic E-state index is 11.9. The van der Waals surface area contributed by atoms with Gasteiger partial charge in [-0.3, -0.25) is 4.79 Å². The number of rotatable bonds is 7. The van der Waals surface area contributed by atoms with E-state index < -0.39 is 11.9 Å². The topological polar surface area (TPSA) is 69.2 Å². The van der Waals surface area contributed by atoms with Gasteiger partial charge in [0.2, 0.25) is 5.91 Å². The number of aryl methyl sites for hydroxylation is 1. The fraction of sp³-hybridized carbons (Fsp3) is 0.500. The van der Waals surface area contributed by atoms with Crippen molar-refractivity contribution in [2.75, 3.05) is 5.32 Å². The molecule has 0 spiro atoms. The maximum absolute atomic E-state index is 11.9. The number of carbonyl (C=O) groups excluding carboxylic acids is 2. The molecular weight excluding hydrogens is 254 g/mol. The van der Waals surface area contributed by atoms with Gasteiger partial charge in [-0.2, -0.15) is 0 Å². The van der Waals surface area contributed by atoms with Crippen LogP contribution >= 0.6 is 0 Å². The third-order valence-electron chi connectivity index (χ3n) is 3.43. The Morgan fingerprint density at radius 1 is 1.25 bits per heavy atom. The molecule has 1 amide bonds. The zero-order valence-corrected chi connectivity index (χ0v) is 12.3.